The van der Waals surface area contributed by atoms with Gasteiger partial charge in [0, 0.05) is 23.6 Å². The molecule has 1 aromatic carbocycles. The summed E-state index contributed by atoms with van der Waals surface area (Å²) in [5.41, 5.74) is 1.45. The Bertz CT molecular complexity index is 583. The minimum atomic E-state index is -0.876. The number of hydrogen-bond acceptors (Lipinski definition) is 1. The Kier molecular flexibility index (Phi) is 4.39. The maximum atomic E-state index is 10.9. The van der Waals surface area contributed by atoms with E-state index in [0.29, 0.717) is 5.56 Å². The van der Waals surface area contributed by atoms with E-state index in [0.717, 1.165) is 30.3 Å². The second-order valence-electron chi connectivity index (χ2n) is 4.73. The molecule has 0 aliphatic rings. The summed E-state index contributed by atoms with van der Waals surface area (Å²) in [5.74, 6) is -0.876. The van der Waals surface area contributed by atoms with Crippen LogP contribution < -0.4 is 0 Å². The SMILES string of the molecule is C=CCCCCCn1ccc2cc(C(=O)O)ccc21. The third kappa shape index (κ3) is 3.25. The number of aromatic nitrogens is 1. The quantitative estimate of drug-likeness (QED) is 0.599. The molecule has 0 saturated carbocycles. The zero-order valence-electron chi connectivity index (χ0n) is 11.0. The molecule has 1 N–H and O–H groups in total. The van der Waals surface area contributed by atoms with Crippen molar-refractivity contribution in [2.24, 2.45) is 0 Å². The van der Waals surface area contributed by atoms with E-state index in [9.17, 15) is 4.79 Å². The molecule has 0 saturated heterocycles. The van der Waals surface area contributed by atoms with Gasteiger partial charge in [-0.15, -0.1) is 6.58 Å². The number of benzene rings is 1. The maximum Gasteiger partial charge on any atom is 0.335 e. The van der Waals surface area contributed by atoms with Gasteiger partial charge in [0.15, 0.2) is 0 Å². The second-order valence-corrected chi connectivity index (χ2v) is 4.73. The van der Waals surface area contributed by atoms with Gasteiger partial charge in [-0.05, 0) is 43.5 Å². The maximum absolute atomic E-state index is 10.9. The molecule has 1 aromatic heterocycles. The lowest BCUT2D eigenvalue weighted by Crippen LogP contribution is -1.98. The number of aromatic carboxylic acids is 1. The predicted octanol–water partition coefficient (Wildman–Crippen LogP) is 4.09. The fraction of sp³-hybridized carbons (Fsp3) is 0.312. The van der Waals surface area contributed by atoms with Crippen molar-refractivity contribution in [2.75, 3.05) is 0 Å². The molecule has 0 aliphatic carbocycles. The number of rotatable bonds is 7. The van der Waals surface area contributed by atoms with Crippen LogP contribution in [0, 0.1) is 0 Å². The summed E-state index contributed by atoms with van der Waals surface area (Å²) >= 11 is 0. The van der Waals surface area contributed by atoms with E-state index in [4.69, 9.17) is 5.11 Å². The van der Waals surface area contributed by atoms with E-state index in [1.54, 1.807) is 12.1 Å². The number of allylic oxidation sites excluding steroid dienone is 1. The highest BCUT2D eigenvalue weighted by atomic mass is 16.4. The summed E-state index contributed by atoms with van der Waals surface area (Å²) in [6, 6.07) is 7.26. The third-order valence-electron chi connectivity index (χ3n) is 3.33. The Morgan fingerprint density at radius 2 is 2.11 bits per heavy atom. The summed E-state index contributed by atoms with van der Waals surface area (Å²) in [7, 11) is 0. The fourth-order valence-electron chi connectivity index (χ4n) is 2.28. The number of carboxylic acids is 1. The van der Waals surface area contributed by atoms with Crippen LogP contribution in [0.15, 0.2) is 43.1 Å². The Morgan fingerprint density at radius 3 is 2.84 bits per heavy atom. The van der Waals surface area contributed by atoms with Gasteiger partial charge in [0.2, 0.25) is 0 Å². The normalized spacial score (nSPS) is 10.7. The fourth-order valence-corrected chi connectivity index (χ4v) is 2.28. The molecule has 0 spiro atoms. The largest absolute Gasteiger partial charge is 0.478 e. The highest BCUT2D eigenvalue weighted by Gasteiger charge is 2.06. The predicted molar refractivity (Wildman–Crippen MR) is 77.6 cm³/mol. The van der Waals surface area contributed by atoms with E-state index < -0.39 is 5.97 Å². The van der Waals surface area contributed by atoms with Gasteiger partial charge in [0.25, 0.3) is 0 Å². The van der Waals surface area contributed by atoms with Crippen LogP contribution in [0.2, 0.25) is 0 Å². The molecule has 0 bridgehead atoms. The van der Waals surface area contributed by atoms with Crippen molar-refractivity contribution >= 4 is 16.9 Å². The van der Waals surface area contributed by atoms with Crippen LogP contribution in [0.1, 0.15) is 36.0 Å². The third-order valence-corrected chi connectivity index (χ3v) is 3.33. The van der Waals surface area contributed by atoms with Gasteiger partial charge in [0.05, 0.1) is 5.56 Å². The number of fused-ring (bicyclic) bond motifs is 1. The summed E-state index contributed by atoms with van der Waals surface area (Å²) in [6.45, 7) is 4.70. The first kappa shape index (κ1) is 13.4. The van der Waals surface area contributed by atoms with E-state index in [1.165, 1.54) is 12.8 Å². The van der Waals surface area contributed by atoms with Crippen LogP contribution in [0.4, 0.5) is 0 Å². The number of aryl methyl sites for hydroxylation is 1. The van der Waals surface area contributed by atoms with Crippen molar-refractivity contribution in [1.29, 1.82) is 0 Å². The highest BCUT2D eigenvalue weighted by molar-refractivity contribution is 5.93. The molecule has 0 unspecified atom stereocenters. The topological polar surface area (TPSA) is 42.2 Å². The lowest BCUT2D eigenvalue weighted by Gasteiger charge is -2.05. The minimum Gasteiger partial charge on any atom is -0.478 e. The monoisotopic (exact) mass is 257 g/mol. The molecule has 0 atom stereocenters. The average Bonchev–Trinajstić information content (AvgIpc) is 2.81. The van der Waals surface area contributed by atoms with Crippen LogP contribution >= 0.6 is 0 Å². The summed E-state index contributed by atoms with van der Waals surface area (Å²) < 4.78 is 2.19. The number of carbonyl (C=O) groups is 1. The molecule has 0 radical (unpaired) electrons. The van der Waals surface area contributed by atoms with Crippen LogP contribution in [-0.4, -0.2) is 15.6 Å². The molecule has 19 heavy (non-hydrogen) atoms. The van der Waals surface area contributed by atoms with Crippen LogP contribution in [0.25, 0.3) is 10.9 Å². The Balaban J connectivity index is 2.04. The molecule has 0 amide bonds. The second kappa shape index (κ2) is 6.23. The van der Waals surface area contributed by atoms with E-state index in [1.807, 2.05) is 24.4 Å². The molecule has 0 aliphatic heterocycles. The van der Waals surface area contributed by atoms with Crippen molar-refractivity contribution < 1.29 is 9.90 Å². The average molecular weight is 257 g/mol. The lowest BCUT2D eigenvalue weighted by atomic mass is 10.1. The Hall–Kier alpha value is -2.03. The summed E-state index contributed by atoms with van der Waals surface area (Å²) in [5, 5.41) is 9.95. The van der Waals surface area contributed by atoms with E-state index in [-0.39, 0.29) is 0 Å². The van der Waals surface area contributed by atoms with E-state index in [2.05, 4.69) is 11.1 Å². The van der Waals surface area contributed by atoms with Crippen molar-refractivity contribution in [3.05, 3.63) is 48.7 Å². The van der Waals surface area contributed by atoms with Crippen LogP contribution in [0.5, 0.6) is 0 Å². The number of nitrogens with zero attached hydrogens (tertiary/aromatic N) is 1. The first-order valence-electron chi connectivity index (χ1n) is 6.65. The first-order valence-corrected chi connectivity index (χ1v) is 6.65. The van der Waals surface area contributed by atoms with Gasteiger partial charge < -0.3 is 9.67 Å². The van der Waals surface area contributed by atoms with Gasteiger partial charge in [0.1, 0.15) is 0 Å². The van der Waals surface area contributed by atoms with Crippen molar-refractivity contribution in [3.8, 4) is 0 Å². The van der Waals surface area contributed by atoms with Gasteiger partial charge in [-0.3, -0.25) is 0 Å². The molecule has 1 heterocycles. The smallest absolute Gasteiger partial charge is 0.335 e. The lowest BCUT2D eigenvalue weighted by molar-refractivity contribution is 0.0697. The van der Waals surface area contributed by atoms with E-state index >= 15 is 0 Å². The molecule has 2 rings (SSSR count). The van der Waals surface area contributed by atoms with Crippen LogP contribution in [0.3, 0.4) is 0 Å². The van der Waals surface area contributed by atoms with Crippen LogP contribution in [-0.2, 0) is 6.54 Å². The zero-order chi connectivity index (χ0) is 13.7. The molecule has 0 fully saturated rings. The van der Waals surface area contributed by atoms with Crippen molar-refractivity contribution in [1.82, 2.24) is 4.57 Å². The van der Waals surface area contributed by atoms with Gasteiger partial charge in [-0.25, -0.2) is 4.79 Å². The van der Waals surface area contributed by atoms with Gasteiger partial charge >= 0.3 is 5.97 Å². The molecule has 2 aromatic rings. The summed E-state index contributed by atoms with van der Waals surface area (Å²) in [6.07, 6.45) is 8.58. The molecule has 3 heteroatoms. The standard InChI is InChI=1S/C16H19NO2/c1-2-3-4-5-6-10-17-11-9-13-12-14(16(18)19)7-8-15(13)17/h2,7-9,11-12H,1,3-6,10H2,(H,18,19). The molecule has 3 nitrogen and oxygen atoms in total. The number of hydrogen-bond donors (Lipinski definition) is 1. The number of carboxylic acid groups (broad SMARTS) is 1. The molecular weight excluding hydrogens is 238 g/mol. The minimum absolute atomic E-state index is 0.344. The highest BCUT2D eigenvalue weighted by Crippen LogP contribution is 2.18. The zero-order valence-corrected chi connectivity index (χ0v) is 11.0. The van der Waals surface area contributed by atoms with Gasteiger partial charge in [-0.2, -0.15) is 0 Å². The summed E-state index contributed by atoms with van der Waals surface area (Å²) in [4.78, 5) is 10.9. The Labute approximate surface area is 113 Å². The van der Waals surface area contributed by atoms with Crippen molar-refractivity contribution in [2.45, 2.75) is 32.2 Å². The molecular formula is C16H19NO2. The van der Waals surface area contributed by atoms with Gasteiger partial charge in [-0.1, -0.05) is 12.5 Å². The molecule has 100 valence electrons. The number of unbranched alkanes of at least 4 members (excludes halogenated alkanes) is 3. The first-order chi connectivity index (χ1) is 9.22. The Morgan fingerprint density at radius 1 is 1.26 bits per heavy atom. The van der Waals surface area contributed by atoms with Crippen molar-refractivity contribution in [3.63, 3.8) is 0 Å².